The van der Waals surface area contributed by atoms with Crippen molar-refractivity contribution >= 4 is 33.3 Å². The van der Waals surface area contributed by atoms with E-state index in [9.17, 15) is 4.79 Å². The van der Waals surface area contributed by atoms with Crippen LogP contribution in [0.4, 0.5) is 11.5 Å². The van der Waals surface area contributed by atoms with Crippen LogP contribution in [0.25, 0.3) is 0 Å². The Balaban J connectivity index is 2.20. The van der Waals surface area contributed by atoms with E-state index in [0.717, 1.165) is 28.7 Å². The highest BCUT2D eigenvalue weighted by Crippen LogP contribution is 2.24. The molecule has 0 unspecified atom stereocenters. The SMILES string of the molecule is CCCNc1ncccc1C(=O)Nc1ccc(C)cc1Br. The molecule has 0 spiro atoms. The zero-order valence-corrected chi connectivity index (χ0v) is 13.7. The van der Waals surface area contributed by atoms with Crippen LogP contribution in [0.3, 0.4) is 0 Å². The molecule has 4 nitrogen and oxygen atoms in total. The number of nitrogens with zero attached hydrogens (tertiary/aromatic N) is 1. The number of pyridine rings is 1. The van der Waals surface area contributed by atoms with E-state index < -0.39 is 0 Å². The summed E-state index contributed by atoms with van der Waals surface area (Å²) in [5.41, 5.74) is 2.42. The molecule has 2 rings (SSSR count). The van der Waals surface area contributed by atoms with Crippen LogP contribution >= 0.6 is 15.9 Å². The van der Waals surface area contributed by atoms with Crippen LogP contribution in [-0.4, -0.2) is 17.4 Å². The summed E-state index contributed by atoms with van der Waals surface area (Å²) >= 11 is 3.46. The smallest absolute Gasteiger partial charge is 0.259 e. The Labute approximate surface area is 133 Å². The van der Waals surface area contributed by atoms with Crippen LogP contribution in [0.15, 0.2) is 41.0 Å². The van der Waals surface area contributed by atoms with Gasteiger partial charge in [-0.1, -0.05) is 13.0 Å². The fraction of sp³-hybridized carbons (Fsp3) is 0.250. The number of hydrogen-bond acceptors (Lipinski definition) is 3. The maximum Gasteiger partial charge on any atom is 0.259 e. The molecular weight excluding hydrogens is 330 g/mol. The van der Waals surface area contributed by atoms with Crippen LogP contribution in [-0.2, 0) is 0 Å². The molecule has 1 aromatic carbocycles. The van der Waals surface area contributed by atoms with Crippen molar-refractivity contribution in [2.24, 2.45) is 0 Å². The van der Waals surface area contributed by atoms with E-state index in [2.05, 4.69) is 38.5 Å². The van der Waals surface area contributed by atoms with Gasteiger partial charge in [0.1, 0.15) is 5.82 Å². The summed E-state index contributed by atoms with van der Waals surface area (Å²) in [6.45, 7) is 4.86. The van der Waals surface area contributed by atoms with Crippen molar-refractivity contribution in [3.8, 4) is 0 Å². The fourth-order valence-corrected chi connectivity index (χ4v) is 2.48. The highest BCUT2D eigenvalue weighted by molar-refractivity contribution is 9.10. The number of aryl methyl sites for hydroxylation is 1. The van der Waals surface area contributed by atoms with Crippen molar-refractivity contribution in [1.29, 1.82) is 0 Å². The van der Waals surface area contributed by atoms with E-state index >= 15 is 0 Å². The topological polar surface area (TPSA) is 54.0 Å². The van der Waals surface area contributed by atoms with Gasteiger partial charge in [-0.15, -0.1) is 0 Å². The molecule has 0 radical (unpaired) electrons. The second-order valence-corrected chi connectivity index (χ2v) is 5.62. The fourth-order valence-electron chi connectivity index (χ4n) is 1.88. The molecule has 0 aliphatic rings. The number of rotatable bonds is 5. The first-order valence-electron chi connectivity index (χ1n) is 6.88. The van der Waals surface area contributed by atoms with E-state index in [1.165, 1.54) is 0 Å². The van der Waals surface area contributed by atoms with Gasteiger partial charge in [0.05, 0.1) is 11.3 Å². The lowest BCUT2D eigenvalue weighted by atomic mass is 10.2. The third-order valence-corrected chi connectivity index (χ3v) is 3.62. The zero-order chi connectivity index (χ0) is 15.2. The lowest BCUT2D eigenvalue weighted by molar-refractivity contribution is 0.102. The molecule has 1 amide bonds. The second kappa shape index (κ2) is 7.22. The maximum absolute atomic E-state index is 12.4. The van der Waals surface area contributed by atoms with Crippen LogP contribution in [0.1, 0.15) is 29.3 Å². The minimum Gasteiger partial charge on any atom is -0.369 e. The van der Waals surface area contributed by atoms with Crippen LogP contribution in [0, 0.1) is 6.92 Å². The van der Waals surface area contributed by atoms with Crippen LogP contribution < -0.4 is 10.6 Å². The monoisotopic (exact) mass is 347 g/mol. The Kier molecular flexibility index (Phi) is 5.33. The van der Waals surface area contributed by atoms with Gasteiger partial charge in [0.25, 0.3) is 5.91 Å². The Bertz CT molecular complexity index is 643. The number of halogens is 1. The highest BCUT2D eigenvalue weighted by atomic mass is 79.9. The number of hydrogen-bond donors (Lipinski definition) is 2. The third kappa shape index (κ3) is 4.04. The minimum absolute atomic E-state index is 0.175. The Morgan fingerprint density at radius 3 is 2.86 bits per heavy atom. The van der Waals surface area contributed by atoms with Gasteiger partial charge in [0.2, 0.25) is 0 Å². The summed E-state index contributed by atoms with van der Waals surface area (Å²) in [7, 11) is 0. The Hall–Kier alpha value is -1.88. The summed E-state index contributed by atoms with van der Waals surface area (Å²) < 4.78 is 0.864. The van der Waals surface area contributed by atoms with E-state index in [4.69, 9.17) is 0 Å². The number of anilines is 2. The van der Waals surface area contributed by atoms with E-state index in [1.54, 1.807) is 18.3 Å². The molecule has 0 atom stereocenters. The lowest BCUT2D eigenvalue weighted by Crippen LogP contribution is -2.16. The van der Waals surface area contributed by atoms with Gasteiger partial charge in [-0.3, -0.25) is 4.79 Å². The standard InChI is InChI=1S/C16H18BrN3O/c1-3-8-18-15-12(5-4-9-19-15)16(21)20-14-7-6-11(2)10-13(14)17/h4-7,9-10H,3,8H2,1-2H3,(H,18,19)(H,20,21). The average molecular weight is 348 g/mol. The largest absolute Gasteiger partial charge is 0.369 e. The van der Waals surface area contributed by atoms with Crippen molar-refractivity contribution in [2.45, 2.75) is 20.3 Å². The van der Waals surface area contributed by atoms with Gasteiger partial charge in [0, 0.05) is 17.2 Å². The summed E-state index contributed by atoms with van der Waals surface area (Å²) in [5.74, 6) is 0.436. The Morgan fingerprint density at radius 2 is 2.14 bits per heavy atom. The molecular formula is C16H18BrN3O. The number of amides is 1. The molecule has 2 aromatic rings. The van der Waals surface area contributed by atoms with Crippen molar-refractivity contribution in [3.63, 3.8) is 0 Å². The molecule has 1 heterocycles. The van der Waals surface area contributed by atoms with E-state index in [0.29, 0.717) is 11.4 Å². The zero-order valence-electron chi connectivity index (χ0n) is 12.1. The van der Waals surface area contributed by atoms with E-state index in [-0.39, 0.29) is 5.91 Å². The maximum atomic E-state index is 12.4. The summed E-state index contributed by atoms with van der Waals surface area (Å²) in [6.07, 6.45) is 2.65. The molecule has 0 bridgehead atoms. The van der Waals surface area contributed by atoms with E-state index in [1.807, 2.05) is 25.1 Å². The van der Waals surface area contributed by atoms with Crippen LogP contribution in [0.2, 0.25) is 0 Å². The average Bonchev–Trinajstić information content (AvgIpc) is 2.48. The summed E-state index contributed by atoms with van der Waals surface area (Å²) in [4.78, 5) is 16.7. The van der Waals surface area contributed by atoms with Gasteiger partial charge in [-0.05, 0) is 59.1 Å². The number of benzene rings is 1. The number of nitrogens with one attached hydrogen (secondary N) is 2. The molecule has 5 heteroatoms. The summed E-state index contributed by atoms with van der Waals surface area (Å²) in [6, 6.07) is 9.33. The first kappa shape index (κ1) is 15.5. The number of carbonyl (C=O) groups is 1. The van der Waals surface area contributed by atoms with Crippen molar-refractivity contribution in [3.05, 3.63) is 52.1 Å². The molecule has 0 saturated heterocycles. The molecule has 1 aromatic heterocycles. The van der Waals surface area contributed by atoms with Gasteiger partial charge >= 0.3 is 0 Å². The third-order valence-electron chi connectivity index (χ3n) is 2.97. The number of carbonyl (C=O) groups excluding carboxylic acids is 1. The summed E-state index contributed by atoms with van der Waals surface area (Å²) in [5, 5.41) is 6.07. The van der Waals surface area contributed by atoms with Gasteiger partial charge < -0.3 is 10.6 Å². The molecule has 110 valence electrons. The van der Waals surface area contributed by atoms with Crippen molar-refractivity contribution < 1.29 is 4.79 Å². The quantitative estimate of drug-likeness (QED) is 0.850. The molecule has 0 aliphatic heterocycles. The molecule has 21 heavy (non-hydrogen) atoms. The molecule has 0 aliphatic carbocycles. The second-order valence-electron chi connectivity index (χ2n) is 4.76. The highest BCUT2D eigenvalue weighted by Gasteiger charge is 2.13. The lowest BCUT2D eigenvalue weighted by Gasteiger charge is -2.11. The first-order chi connectivity index (χ1) is 10.1. The predicted molar refractivity (Wildman–Crippen MR) is 89.8 cm³/mol. The first-order valence-corrected chi connectivity index (χ1v) is 7.67. The molecule has 2 N–H and O–H groups in total. The van der Waals surface area contributed by atoms with Crippen molar-refractivity contribution in [1.82, 2.24) is 4.98 Å². The van der Waals surface area contributed by atoms with Gasteiger partial charge in [-0.25, -0.2) is 4.98 Å². The Morgan fingerprint density at radius 1 is 1.33 bits per heavy atom. The predicted octanol–water partition coefficient (Wildman–Crippen LogP) is 4.23. The van der Waals surface area contributed by atoms with Crippen LogP contribution in [0.5, 0.6) is 0 Å². The van der Waals surface area contributed by atoms with Crippen molar-refractivity contribution in [2.75, 3.05) is 17.2 Å². The molecule has 0 fully saturated rings. The van der Waals surface area contributed by atoms with Gasteiger partial charge in [-0.2, -0.15) is 0 Å². The van der Waals surface area contributed by atoms with Gasteiger partial charge in [0.15, 0.2) is 0 Å². The molecule has 0 saturated carbocycles. The normalized spacial score (nSPS) is 10.2. The minimum atomic E-state index is -0.175. The number of aromatic nitrogens is 1.